The van der Waals surface area contributed by atoms with Crippen LogP contribution in [0.25, 0.3) is 0 Å². The van der Waals surface area contributed by atoms with Crippen molar-refractivity contribution in [3.05, 3.63) is 53.3 Å². The molecule has 1 N–H and O–H groups in total. The zero-order chi connectivity index (χ0) is 13.7. The smallest absolute Gasteiger partial charge is 0.131 e. The van der Waals surface area contributed by atoms with Crippen LogP contribution >= 0.6 is 11.6 Å². The summed E-state index contributed by atoms with van der Waals surface area (Å²) in [7, 11) is 1.67. The van der Waals surface area contributed by atoms with Crippen molar-refractivity contribution in [3.63, 3.8) is 0 Å². The summed E-state index contributed by atoms with van der Waals surface area (Å²) in [5, 5.41) is 3.95. The van der Waals surface area contributed by atoms with Gasteiger partial charge in [0.15, 0.2) is 0 Å². The number of halogens is 1. The van der Waals surface area contributed by atoms with Crippen molar-refractivity contribution in [2.24, 2.45) is 0 Å². The average molecular weight is 277 g/mol. The topological polar surface area (TPSA) is 34.2 Å². The molecule has 0 saturated heterocycles. The molecule has 4 heteroatoms. The molecular formula is C15H17ClN2O. The highest BCUT2D eigenvalue weighted by atomic mass is 35.5. The number of aromatic nitrogens is 1. The van der Waals surface area contributed by atoms with Crippen LogP contribution in [0.3, 0.4) is 0 Å². The zero-order valence-corrected chi connectivity index (χ0v) is 11.8. The molecule has 1 heterocycles. The lowest BCUT2D eigenvalue weighted by Gasteiger charge is -2.19. The fourth-order valence-electron chi connectivity index (χ4n) is 1.95. The van der Waals surface area contributed by atoms with E-state index in [1.165, 1.54) is 5.56 Å². The summed E-state index contributed by atoms with van der Waals surface area (Å²) in [6.07, 6.45) is 2.68. The van der Waals surface area contributed by atoms with Crippen LogP contribution in [0.1, 0.15) is 24.9 Å². The molecule has 1 aromatic heterocycles. The molecule has 3 nitrogen and oxygen atoms in total. The van der Waals surface area contributed by atoms with Gasteiger partial charge in [-0.1, -0.05) is 30.7 Å². The standard InChI is InChI=1S/C15H17ClN2O/c1-3-14(11-4-6-13(19-2)7-5-11)18-12-8-9-17-15(16)10-12/h4-10,14H,3H2,1-2H3,(H,17,18). The summed E-state index contributed by atoms with van der Waals surface area (Å²) in [4.78, 5) is 3.98. The van der Waals surface area contributed by atoms with Crippen LogP contribution in [0.15, 0.2) is 42.6 Å². The molecule has 1 aromatic carbocycles. The van der Waals surface area contributed by atoms with E-state index in [2.05, 4.69) is 29.4 Å². The minimum atomic E-state index is 0.240. The molecule has 0 bridgehead atoms. The van der Waals surface area contributed by atoms with Gasteiger partial charge in [0.1, 0.15) is 10.9 Å². The molecule has 0 aliphatic carbocycles. The maximum absolute atomic E-state index is 5.89. The number of benzene rings is 1. The van der Waals surface area contributed by atoms with Crippen LogP contribution in [0.4, 0.5) is 5.69 Å². The summed E-state index contributed by atoms with van der Waals surface area (Å²) in [5.74, 6) is 0.866. The Kier molecular flexibility index (Phi) is 4.63. The fourth-order valence-corrected chi connectivity index (χ4v) is 2.12. The van der Waals surface area contributed by atoms with Crippen LogP contribution in [0, 0.1) is 0 Å². The maximum Gasteiger partial charge on any atom is 0.131 e. The predicted octanol–water partition coefficient (Wildman–Crippen LogP) is 4.31. The van der Waals surface area contributed by atoms with Crippen molar-refractivity contribution in [2.75, 3.05) is 12.4 Å². The lowest BCUT2D eigenvalue weighted by atomic mass is 10.0. The number of nitrogens with one attached hydrogen (secondary N) is 1. The van der Waals surface area contributed by atoms with Crippen LogP contribution in [-0.2, 0) is 0 Å². The molecule has 0 radical (unpaired) electrons. The molecule has 1 unspecified atom stereocenters. The highest BCUT2D eigenvalue weighted by Gasteiger charge is 2.09. The molecule has 100 valence electrons. The van der Waals surface area contributed by atoms with Gasteiger partial charge in [-0.25, -0.2) is 4.98 Å². The monoisotopic (exact) mass is 276 g/mol. The third kappa shape index (κ3) is 3.61. The molecule has 0 spiro atoms. The maximum atomic E-state index is 5.89. The van der Waals surface area contributed by atoms with E-state index >= 15 is 0 Å². The fraction of sp³-hybridized carbons (Fsp3) is 0.267. The van der Waals surface area contributed by atoms with Gasteiger partial charge in [0, 0.05) is 11.9 Å². The van der Waals surface area contributed by atoms with Crippen molar-refractivity contribution in [1.82, 2.24) is 4.98 Å². The number of nitrogens with zero attached hydrogens (tertiary/aromatic N) is 1. The van der Waals surface area contributed by atoms with Crippen LogP contribution in [0.5, 0.6) is 5.75 Å². The summed E-state index contributed by atoms with van der Waals surface area (Å²) >= 11 is 5.89. The normalized spacial score (nSPS) is 11.9. The Morgan fingerprint density at radius 2 is 2.00 bits per heavy atom. The molecule has 19 heavy (non-hydrogen) atoms. The number of pyridine rings is 1. The van der Waals surface area contributed by atoms with Crippen LogP contribution in [-0.4, -0.2) is 12.1 Å². The van der Waals surface area contributed by atoms with Crippen molar-refractivity contribution in [2.45, 2.75) is 19.4 Å². The van der Waals surface area contributed by atoms with E-state index in [1.807, 2.05) is 24.3 Å². The van der Waals surface area contributed by atoms with Crippen molar-refractivity contribution in [3.8, 4) is 5.75 Å². The second-order valence-electron chi connectivity index (χ2n) is 4.25. The Morgan fingerprint density at radius 1 is 1.26 bits per heavy atom. The third-order valence-electron chi connectivity index (χ3n) is 2.99. The minimum Gasteiger partial charge on any atom is -0.497 e. The van der Waals surface area contributed by atoms with Gasteiger partial charge in [0.2, 0.25) is 0 Å². The highest BCUT2D eigenvalue weighted by molar-refractivity contribution is 6.29. The number of methoxy groups -OCH3 is 1. The number of ether oxygens (including phenoxy) is 1. The first-order chi connectivity index (χ1) is 9.22. The quantitative estimate of drug-likeness (QED) is 0.827. The first kappa shape index (κ1) is 13.7. The van der Waals surface area contributed by atoms with Gasteiger partial charge in [-0.3, -0.25) is 0 Å². The summed E-state index contributed by atoms with van der Waals surface area (Å²) in [6, 6.07) is 12.1. The summed E-state index contributed by atoms with van der Waals surface area (Å²) in [5.41, 5.74) is 2.19. The molecule has 1 atom stereocenters. The summed E-state index contributed by atoms with van der Waals surface area (Å²) < 4.78 is 5.17. The van der Waals surface area contributed by atoms with Gasteiger partial charge >= 0.3 is 0 Å². The second-order valence-corrected chi connectivity index (χ2v) is 4.63. The second kappa shape index (κ2) is 6.43. The van der Waals surface area contributed by atoms with Crippen molar-refractivity contribution < 1.29 is 4.74 Å². The first-order valence-electron chi connectivity index (χ1n) is 6.25. The molecule has 2 aromatic rings. The van der Waals surface area contributed by atoms with Gasteiger partial charge in [-0.05, 0) is 36.2 Å². The van der Waals surface area contributed by atoms with E-state index < -0.39 is 0 Å². The van der Waals surface area contributed by atoms with E-state index in [0.29, 0.717) is 5.15 Å². The van der Waals surface area contributed by atoms with Crippen molar-refractivity contribution >= 4 is 17.3 Å². The van der Waals surface area contributed by atoms with Gasteiger partial charge in [-0.15, -0.1) is 0 Å². The minimum absolute atomic E-state index is 0.240. The molecule has 0 saturated carbocycles. The van der Waals surface area contributed by atoms with Gasteiger partial charge in [0.05, 0.1) is 13.2 Å². The van der Waals surface area contributed by atoms with Crippen LogP contribution < -0.4 is 10.1 Å². The largest absolute Gasteiger partial charge is 0.497 e. The average Bonchev–Trinajstić information content (AvgIpc) is 2.45. The lowest BCUT2D eigenvalue weighted by molar-refractivity contribution is 0.414. The van der Waals surface area contributed by atoms with E-state index in [-0.39, 0.29) is 6.04 Å². The van der Waals surface area contributed by atoms with Gasteiger partial charge < -0.3 is 10.1 Å². The van der Waals surface area contributed by atoms with E-state index in [0.717, 1.165) is 17.9 Å². The summed E-state index contributed by atoms with van der Waals surface area (Å²) in [6.45, 7) is 2.14. The number of hydrogen-bond acceptors (Lipinski definition) is 3. The first-order valence-corrected chi connectivity index (χ1v) is 6.62. The Labute approximate surface area is 118 Å². The third-order valence-corrected chi connectivity index (χ3v) is 3.20. The predicted molar refractivity (Wildman–Crippen MR) is 78.9 cm³/mol. The number of anilines is 1. The molecule has 0 fully saturated rings. The Morgan fingerprint density at radius 3 is 2.58 bits per heavy atom. The Hall–Kier alpha value is -1.74. The SMILES string of the molecule is CCC(Nc1ccnc(Cl)c1)c1ccc(OC)cc1. The van der Waals surface area contributed by atoms with E-state index in [1.54, 1.807) is 13.3 Å². The molecule has 0 aliphatic heterocycles. The molecule has 2 rings (SSSR count). The van der Waals surface area contributed by atoms with Gasteiger partial charge in [-0.2, -0.15) is 0 Å². The molecular weight excluding hydrogens is 260 g/mol. The molecule has 0 amide bonds. The number of hydrogen-bond donors (Lipinski definition) is 1. The van der Waals surface area contributed by atoms with E-state index in [9.17, 15) is 0 Å². The Balaban J connectivity index is 2.15. The number of rotatable bonds is 5. The van der Waals surface area contributed by atoms with Crippen LogP contribution in [0.2, 0.25) is 5.15 Å². The molecule has 0 aliphatic rings. The Bertz CT molecular complexity index is 528. The van der Waals surface area contributed by atoms with Crippen molar-refractivity contribution in [1.29, 1.82) is 0 Å². The lowest BCUT2D eigenvalue weighted by Crippen LogP contribution is -2.09. The zero-order valence-electron chi connectivity index (χ0n) is 11.1. The highest BCUT2D eigenvalue weighted by Crippen LogP contribution is 2.25. The van der Waals surface area contributed by atoms with E-state index in [4.69, 9.17) is 16.3 Å². The van der Waals surface area contributed by atoms with Gasteiger partial charge in [0.25, 0.3) is 0 Å².